The third-order valence-electron chi connectivity index (χ3n) is 4.61. The molecular weight excluding hydrogens is 326 g/mol. The van der Waals surface area contributed by atoms with Crippen molar-refractivity contribution in [1.82, 2.24) is 34.3 Å². The smallest absolute Gasteiger partial charge is 0.252 e. The van der Waals surface area contributed by atoms with Crippen molar-refractivity contribution in [2.75, 3.05) is 0 Å². The number of aromatic nitrogens is 6. The summed E-state index contributed by atoms with van der Waals surface area (Å²) < 4.78 is 3.65. The van der Waals surface area contributed by atoms with E-state index in [2.05, 4.69) is 43.4 Å². The summed E-state index contributed by atoms with van der Waals surface area (Å²) in [6.07, 6.45) is 10.1. The average molecular weight is 345 g/mol. The summed E-state index contributed by atoms with van der Waals surface area (Å²) in [4.78, 5) is 11.2. The highest BCUT2D eigenvalue weighted by Gasteiger charge is 2.30. The minimum Gasteiger partial charge on any atom is -0.289 e. The number of rotatable bonds is 6. The van der Waals surface area contributed by atoms with Gasteiger partial charge in [-0.3, -0.25) is 4.90 Å². The van der Waals surface area contributed by atoms with Crippen molar-refractivity contribution in [2.45, 2.75) is 32.0 Å². The van der Waals surface area contributed by atoms with Gasteiger partial charge in [0, 0.05) is 36.7 Å². The summed E-state index contributed by atoms with van der Waals surface area (Å²) in [5.74, 6) is 1.46. The molecule has 0 bridgehead atoms. The quantitative estimate of drug-likeness (QED) is 0.537. The Balaban J connectivity index is 1.34. The molecule has 1 aromatic carbocycles. The van der Waals surface area contributed by atoms with E-state index in [1.165, 1.54) is 18.4 Å². The first-order chi connectivity index (χ1) is 12.8. The van der Waals surface area contributed by atoms with Gasteiger partial charge in [-0.05, 0) is 31.0 Å². The Labute approximate surface area is 150 Å². The Morgan fingerprint density at radius 1 is 1.08 bits per heavy atom. The number of benzene rings is 1. The van der Waals surface area contributed by atoms with Gasteiger partial charge in [0.2, 0.25) is 0 Å². The largest absolute Gasteiger partial charge is 0.289 e. The van der Waals surface area contributed by atoms with Crippen LogP contribution in [0.1, 0.15) is 24.2 Å². The lowest BCUT2D eigenvalue weighted by molar-refractivity contribution is 0.239. The Kier molecular flexibility index (Phi) is 3.71. The van der Waals surface area contributed by atoms with Crippen molar-refractivity contribution in [2.24, 2.45) is 0 Å². The van der Waals surface area contributed by atoms with E-state index < -0.39 is 0 Å². The summed E-state index contributed by atoms with van der Waals surface area (Å²) in [6, 6.07) is 12.6. The fourth-order valence-corrected chi connectivity index (χ4v) is 3.18. The van der Waals surface area contributed by atoms with Crippen molar-refractivity contribution in [3.05, 3.63) is 72.6 Å². The maximum atomic E-state index is 4.54. The zero-order valence-corrected chi connectivity index (χ0v) is 14.3. The molecule has 0 amide bonds. The molecule has 3 heterocycles. The van der Waals surface area contributed by atoms with Crippen molar-refractivity contribution < 1.29 is 0 Å². The SMILES string of the molecule is c1ccc(-n2cc(CN(Cc3nc4ncccn4n3)C3CC3)cn2)cc1. The molecule has 1 fully saturated rings. The lowest BCUT2D eigenvalue weighted by atomic mass is 10.3. The lowest BCUT2D eigenvalue weighted by Crippen LogP contribution is -2.25. The molecule has 3 aromatic heterocycles. The van der Waals surface area contributed by atoms with E-state index in [-0.39, 0.29) is 0 Å². The predicted molar refractivity (Wildman–Crippen MR) is 96.6 cm³/mol. The standard InChI is InChI=1S/C19H19N7/c1-2-5-17(6-3-1)26-13-15(11-21-26)12-24(16-7-8-16)14-18-22-19-20-9-4-10-25(19)23-18/h1-6,9-11,13,16H,7-8,12,14H2. The van der Waals surface area contributed by atoms with E-state index >= 15 is 0 Å². The van der Waals surface area contributed by atoms with Gasteiger partial charge in [-0.1, -0.05) is 18.2 Å². The molecule has 0 spiro atoms. The van der Waals surface area contributed by atoms with Gasteiger partial charge < -0.3 is 0 Å². The zero-order valence-electron chi connectivity index (χ0n) is 14.3. The van der Waals surface area contributed by atoms with Crippen LogP contribution in [0.5, 0.6) is 0 Å². The molecule has 0 saturated heterocycles. The number of hydrogen-bond acceptors (Lipinski definition) is 5. The molecule has 1 aliphatic rings. The normalized spacial score (nSPS) is 14.3. The maximum absolute atomic E-state index is 4.54. The van der Waals surface area contributed by atoms with Gasteiger partial charge in [-0.25, -0.2) is 14.2 Å². The van der Waals surface area contributed by atoms with Crippen LogP contribution in [-0.2, 0) is 13.1 Å². The first-order valence-corrected chi connectivity index (χ1v) is 8.84. The van der Waals surface area contributed by atoms with Crippen molar-refractivity contribution >= 4 is 5.78 Å². The van der Waals surface area contributed by atoms with Crippen LogP contribution in [0.3, 0.4) is 0 Å². The van der Waals surface area contributed by atoms with Gasteiger partial charge in [-0.15, -0.1) is 5.10 Å². The van der Waals surface area contributed by atoms with E-state index in [1.54, 1.807) is 10.7 Å². The fraction of sp³-hybridized carbons (Fsp3) is 0.263. The van der Waals surface area contributed by atoms with Crippen LogP contribution < -0.4 is 0 Å². The highest BCUT2D eigenvalue weighted by Crippen LogP contribution is 2.29. The van der Waals surface area contributed by atoms with Crippen molar-refractivity contribution in [1.29, 1.82) is 0 Å². The van der Waals surface area contributed by atoms with Crippen LogP contribution in [0.15, 0.2) is 61.2 Å². The minimum absolute atomic E-state index is 0.606. The number of nitrogens with zero attached hydrogens (tertiary/aromatic N) is 7. The fourth-order valence-electron chi connectivity index (χ4n) is 3.18. The summed E-state index contributed by atoms with van der Waals surface area (Å²) in [6.45, 7) is 1.57. The average Bonchev–Trinajstić information content (AvgIpc) is 3.28. The van der Waals surface area contributed by atoms with Crippen LogP contribution in [0, 0.1) is 0 Å². The van der Waals surface area contributed by atoms with Crippen LogP contribution in [-0.4, -0.2) is 40.3 Å². The minimum atomic E-state index is 0.606. The second-order valence-corrected chi connectivity index (χ2v) is 6.66. The monoisotopic (exact) mass is 345 g/mol. The molecular formula is C19H19N7. The van der Waals surface area contributed by atoms with Crippen LogP contribution >= 0.6 is 0 Å². The lowest BCUT2D eigenvalue weighted by Gasteiger charge is -2.19. The third kappa shape index (κ3) is 3.09. The second-order valence-electron chi connectivity index (χ2n) is 6.66. The van der Waals surface area contributed by atoms with Gasteiger partial charge >= 0.3 is 0 Å². The van der Waals surface area contributed by atoms with Crippen LogP contribution in [0.25, 0.3) is 11.5 Å². The molecule has 0 radical (unpaired) electrons. The molecule has 0 aliphatic heterocycles. The van der Waals surface area contributed by atoms with Gasteiger partial charge in [0.25, 0.3) is 5.78 Å². The highest BCUT2D eigenvalue weighted by atomic mass is 15.3. The molecule has 0 N–H and O–H groups in total. The van der Waals surface area contributed by atoms with Crippen molar-refractivity contribution in [3.63, 3.8) is 0 Å². The third-order valence-corrected chi connectivity index (χ3v) is 4.61. The molecule has 0 atom stereocenters. The van der Waals surface area contributed by atoms with Crippen LogP contribution in [0.4, 0.5) is 0 Å². The van der Waals surface area contributed by atoms with E-state index in [0.29, 0.717) is 11.8 Å². The molecule has 1 saturated carbocycles. The summed E-state index contributed by atoms with van der Waals surface area (Å²) in [5.41, 5.74) is 2.27. The topological polar surface area (TPSA) is 64.1 Å². The molecule has 1 aliphatic carbocycles. The predicted octanol–water partition coefficient (Wildman–Crippen LogP) is 2.47. The van der Waals surface area contributed by atoms with Crippen LogP contribution in [0.2, 0.25) is 0 Å². The van der Waals surface area contributed by atoms with E-state index in [0.717, 1.165) is 24.6 Å². The van der Waals surface area contributed by atoms with E-state index in [9.17, 15) is 0 Å². The first-order valence-electron chi connectivity index (χ1n) is 8.84. The van der Waals surface area contributed by atoms with Gasteiger partial charge in [0.1, 0.15) is 0 Å². The Hall–Kier alpha value is -3.06. The zero-order chi connectivity index (χ0) is 17.3. The molecule has 0 unspecified atom stereocenters. The van der Waals surface area contributed by atoms with Gasteiger partial charge in [0.15, 0.2) is 5.82 Å². The number of para-hydroxylation sites is 1. The number of fused-ring (bicyclic) bond motifs is 1. The highest BCUT2D eigenvalue weighted by molar-refractivity contribution is 5.31. The van der Waals surface area contributed by atoms with E-state index in [4.69, 9.17) is 0 Å². The molecule has 7 heteroatoms. The first kappa shape index (κ1) is 15.2. The molecule has 5 rings (SSSR count). The molecule has 7 nitrogen and oxygen atoms in total. The van der Waals surface area contributed by atoms with Gasteiger partial charge in [0.05, 0.1) is 18.4 Å². The molecule has 4 aromatic rings. The van der Waals surface area contributed by atoms with Crippen molar-refractivity contribution in [3.8, 4) is 5.69 Å². The second kappa shape index (κ2) is 6.34. The Bertz CT molecular complexity index is 983. The van der Waals surface area contributed by atoms with Gasteiger partial charge in [-0.2, -0.15) is 10.1 Å². The molecule has 130 valence electrons. The molecule has 26 heavy (non-hydrogen) atoms. The number of hydrogen-bond donors (Lipinski definition) is 0. The Morgan fingerprint density at radius 3 is 2.77 bits per heavy atom. The summed E-state index contributed by atoms with van der Waals surface area (Å²) in [7, 11) is 0. The maximum Gasteiger partial charge on any atom is 0.252 e. The van der Waals surface area contributed by atoms with E-state index in [1.807, 2.05) is 41.3 Å². The Morgan fingerprint density at radius 2 is 1.96 bits per heavy atom. The summed E-state index contributed by atoms with van der Waals surface area (Å²) >= 11 is 0. The summed E-state index contributed by atoms with van der Waals surface area (Å²) in [5, 5.41) is 9.04.